The number of thiophene rings is 1. The van der Waals surface area contributed by atoms with Crippen LogP contribution in [-0.2, 0) is 16.1 Å². The highest BCUT2D eigenvalue weighted by molar-refractivity contribution is 7.18. The first-order valence-corrected chi connectivity index (χ1v) is 10.8. The maximum atomic E-state index is 12.6. The average molecular weight is 405 g/mol. The Kier molecular flexibility index (Phi) is 6.83. The van der Waals surface area contributed by atoms with Crippen LogP contribution in [0, 0.1) is 13.8 Å². The molecule has 1 fully saturated rings. The Morgan fingerprint density at radius 1 is 1.18 bits per heavy atom. The molecule has 0 spiro atoms. The fourth-order valence-electron chi connectivity index (χ4n) is 3.54. The van der Waals surface area contributed by atoms with Gasteiger partial charge in [-0.2, -0.15) is 0 Å². The molecule has 1 saturated heterocycles. The minimum atomic E-state index is -0.241. The molecule has 0 aromatic carbocycles. The number of nitrogens with zero attached hydrogens (tertiary/aromatic N) is 3. The van der Waals surface area contributed by atoms with E-state index in [9.17, 15) is 14.4 Å². The van der Waals surface area contributed by atoms with Gasteiger partial charge in [0.05, 0.1) is 11.7 Å². The zero-order valence-electron chi connectivity index (χ0n) is 16.6. The minimum Gasteiger partial charge on any atom is -0.355 e. The van der Waals surface area contributed by atoms with Crippen LogP contribution in [0.2, 0.25) is 0 Å². The summed E-state index contributed by atoms with van der Waals surface area (Å²) < 4.78 is 1.35. The van der Waals surface area contributed by atoms with E-state index in [4.69, 9.17) is 0 Å². The summed E-state index contributed by atoms with van der Waals surface area (Å²) in [6, 6.07) is 0. The second-order valence-corrected chi connectivity index (χ2v) is 8.59. The van der Waals surface area contributed by atoms with Crippen LogP contribution >= 0.6 is 11.3 Å². The first-order chi connectivity index (χ1) is 13.5. The molecule has 3 heterocycles. The number of fused-ring (bicyclic) bond motifs is 1. The van der Waals surface area contributed by atoms with E-state index in [1.807, 2.05) is 18.7 Å². The van der Waals surface area contributed by atoms with Crippen LogP contribution in [0.1, 0.15) is 49.0 Å². The number of rotatable bonds is 6. The van der Waals surface area contributed by atoms with Crippen LogP contribution in [0.3, 0.4) is 0 Å². The Morgan fingerprint density at radius 2 is 1.89 bits per heavy atom. The molecule has 1 aliphatic rings. The van der Waals surface area contributed by atoms with E-state index in [0.29, 0.717) is 29.6 Å². The number of carbonyl (C=O) groups excluding carboxylic acids is 2. The zero-order chi connectivity index (χ0) is 20.1. The van der Waals surface area contributed by atoms with Gasteiger partial charge in [0, 0.05) is 30.9 Å². The summed E-state index contributed by atoms with van der Waals surface area (Å²) in [6.45, 7) is 5.94. The van der Waals surface area contributed by atoms with Crippen molar-refractivity contribution in [3.05, 3.63) is 27.1 Å². The number of aromatic nitrogens is 2. The SMILES string of the molecule is Cc1sc2ncn(CC(=O)NCCCC(=O)N3CCCCCC3)c(=O)c2c1C. The summed E-state index contributed by atoms with van der Waals surface area (Å²) >= 11 is 1.49. The molecule has 1 aliphatic heterocycles. The molecule has 8 heteroatoms. The number of aryl methyl sites for hydroxylation is 2. The Hall–Kier alpha value is -2.22. The largest absolute Gasteiger partial charge is 0.355 e. The molecule has 2 aromatic rings. The summed E-state index contributed by atoms with van der Waals surface area (Å²) in [6.07, 6.45) is 7.05. The molecule has 0 bridgehead atoms. The molecule has 3 rings (SSSR count). The van der Waals surface area contributed by atoms with Crippen LogP contribution in [0.5, 0.6) is 0 Å². The van der Waals surface area contributed by atoms with E-state index in [-0.39, 0.29) is 23.9 Å². The number of amides is 2. The number of nitrogens with one attached hydrogen (secondary N) is 1. The monoisotopic (exact) mass is 404 g/mol. The Morgan fingerprint density at radius 3 is 2.61 bits per heavy atom. The quantitative estimate of drug-likeness (QED) is 0.749. The second-order valence-electron chi connectivity index (χ2n) is 7.39. The second kappa shape index (κ2) is 9.32. The lowest BCUT2D eigenvalue weighted by Gasteiger charge is -2.20. The summed E-state index contributed by atoms with van der Waals surface area (Å²) in [7, 11) is 0. The lowest BCUT2D eigenvalue weighted by molar-refractivity contribution is -0.131. The van der Waals surface area contributed by atoms with Crippen LogP contribution < -0.4 is 10.9 Å². The topological polar surface area (TPSA) is 84.3 Å². The Balaban J connectivity index is 1.47. The predicted molar refractivity (Wildman–Crippen MR) is 111 cm³/mol. The van der Waals surface area contributed by atoms with Crippen LogP contribution in [0.15, 0.2) is 11.1 Å². The smallest absolute Gasteiger partial charge is 0.262 e. The lowest BCUT2D eigenvalue weighted by atomic mass is 10.2. The van der Waals surface area contributed by atoms with Gasteiger partial charge in [-0.1, -0.05) is 12.8 Å². The summed E-state index contributed by atoms with van der Waals surface area (Å²) in [5.41, 5.74) is 0.748. The van der Waals surface area contributed by atoms with Crippen molar-refractivity contribution < 1.29 is 9.59 Å². The molecular weight excluding hydrogens is 376 g/mol. The normalized spacial score (nSPS) is 14.9. The fourth-order valence-corrected chi connectivity index (χ4v) is 4.53. The van der Waals surface area contributed by atoms with Crippen molar-refractivity contribution in [1.82, 2.24) is 19.8 Å². The average Bonchev–Trinajstić information content (AvgIpc) is 2.85. The van der Waals surface area contributed by atoms with Gasteiger partial charge in [-0.15, -0.1) is 11.3 Å². The molecule has 7 nitrogen and oxygen atoms in total. The van der Waals surface area contributed by atoms with E-state index in [1.54, 1.807) is 0 Å². The van der Waals surface area contributed by atoms with E-state index < -0.39 is 0 Å². The zero-order valence-corrected chi connectivity index (χ0v) is 17.4. The van der Waals surface area contributed by atoms with Gasteiger partial charge in [-0.05, 0) is 38.7 Å². The fraction of sp³-hybridized carbons (Fsp3) is 0.600. The first-order valence-electron chi connectivity index (χ1n) is 9.97. The Bertz CT molecular complexity index is 910. The minimum absolute atomic E-state index is 0.0593. The highest BCUT2D eigenvalue weighted by Gasteiger charge is 2.16. The lowest BCUT2D eigenvalue weighted by Crippen LogP contribution is -2.34. The van der Waals surface area contributed by atoms with Crippen LogP contribution in [0.25, 0.3) is 10.2 Å². The van der Waals surface area contributed by atoms with Crippen molar-refractivity contribution in [3.8, 4) is 0 Å². The molecule has 0 unspecified atom stereocenters. The number of carbonyl (C=O) groups is 2. The number of hydrogen-bond donors (Lipinski definition) is 1. The number of likely N-dealkylation sites (tertiary alicyclic amines) is 1. The molecule has 28 heavy (non-hydrogen) atoms. The third-order valence-electron chi connectivity index (χ3n) is 5.32. The summed E-state index contributed by atoms with van der Waals surface area (Å²) in [4.78, 5) is 45.1. The van der Waals surface area contributed by atoms with Crippen molar-refractivity contribution in [2.75, 3.05) is 19.6 Å². The standard InChI is InChI=1S/C20H28N4O3S/c1-14-15(2)28-19-18(14)20(27)24(13-22-19)12-16(25)21-9-7-8-17(26)23-10-5-3-4-6-11-23/h13H,3-12H2,1-2H3,(H,21,25). The van der Waals surface area contributed by atoms with E-state index >= 15 is 0 Å². The molecule has 2 aromatic heterocycles. The summed E-state index contributed by atoms with van der Waals surface area (Å²) in [5, 5.41) is 3.40. The van der Waals surface area contributed by atoms with Crippen molar-refractivity contribution in [2.45, 2.75) is 58.9 Å². The van der Waals surface area contributed by atoms with Gasteiger partial charge in [0.25, 0.3) is 5.56 Å². The highest BCUT2D eigenvalue weighted by Crippen LogP contribution is 2.25. The maximum Gasteiger partial charge on any atom is 0.262 e. The van der Waals surface area contributed by atoms with Gasteiger partial charge in [-0.3, -0.25) is 19.0 Å². The van der Waals surface area contributed by atoms with Crippen molar-refractivity contribution in [3.63, 3.8) is 0 Å². The molecule has 0 saturated carbocycles. The predicted octanol–water partition coefficient (Wildman–Crippen LogP) is 2.37. The van der Waals surface area contributed by atoms with Crippen molar-refractivity contribution >= 4 is 33.4 Å². The Labute approximate surface area is 168 Å². The van der Waals surface area contributed by atoms with Gasteiger partial charge < -0.3 is 10.2 Å². The molecule has 152 valence electrons. The van der Waals surface area contributed by atoms with Crippen LogP contribution in [0.4, 0.5) is 0 Å². The van der Waals surface area contributed by atoms with Gasteiger partial charge in [-0.25, -0.2) is 4.98 Å². The van der Waals surface area contributed by atoms with Gasteiger partial charge in [0.15, 0.2) is 0 Å². The summed E-state index contributed by atoms with van der Waals surface area (Å²) in [5.74, 6) is -0.0691. The molecule has 0 atom stereocenters. The molecule has 0 radical (unpaired) electrons. The van der Waals surface area contributed by atoms with Gasteiger partial charge >= 0.3 is 0 Å². The van der Waals surface area contributed by atoms with E-state index in [1.165, 1.54) is 35.1 Å². The van der Waals surface area contributed by atoms with E-state index in [0.717, 1.165) is 36.4 Å². The molecular formula is C20H28N4O3S. The molecule has 2 amide bonds. The molecule has 1 N–H and O–H groups in total. The highest BCUT2D eigenvalue weighted by atomic mass is 32.1. The first kappa shape index (κ1) is 20.5. The van der Waals surface area contributed by atoms with Crippen molar-refractivity contribution in [2.24, 2.45) is 0 Å². The maximum absolute atomic E-state index is 12.6. The van der Waals surface area contributed by atoms with E-state index in [2.05, 4.69) is 10.3 Å². The third-order valence-corrected chi connectivity index (χ3v) is 6.43. The van der Waals surface area contributed by atoms with Gasteiger partial charge in [0.1, 0.15) is 11.4 Å². The van der Waals surface area contributed by atoms with Crippen LogP contribution in [-0.4, -0.2) is 45.9 Å². The number of hydrogen-bond acceptors (Lipinski definition) is 5. The third kappa shape index (κ3) is 4.79. The van der Waals surface area contributed by atoms with Gasteiger partial charge in [0.2, 0.25) is 11.8 Å². The molecule has 0 aliphatic carbocycles. The van der Waals surface area contributed by atoms with Crippen molar-refractivity contribution in [1.29, 1.82) is 0 Å².